The Morgan fingerprint density at radius 3 is 2.65 bits per heavy atom. The molecule has 0 saturated carbocycles. The van der Waals surface area contributed by atoms with Gasteiger partial charge in [-0.3, -0.25) is 0 Å². The number of hydrogen-bond acceptors (Lipinski definition) is 4. The third kappa shape index (κ3) is 3.58. The summed E-state index contributed by atoms with van der Waals surface area (Å²) < 4.78 is 0. The third-order valence-electron chi connectivity index (χ3n) is 3.68. The van der Waals surface area contributed by atoms with Crippen LogP contribution in [0.1, 0.15) is 37.6 Å². The van der Waals surface area contributed by atoms with Crippen molar-refractivity contribution in [2.45, 2.75) is 38.8 Å². The van der Waals surface area contributed by atoms with E-state index in [0.29, 0.717) is 12.5 Å². The first-order chi connectivity index (χ1) is 9.61. The summed E-state index contributed by atoms with van der Waals surface area (Å²) in [5.74, 6) is 0. The van der Waals surface area contributed by atoms with Crippen LogP contribution in [-0.2, 0) is 6.42 Å². The maximum absolute atomic E-state index is 10.2. The van der Waals surface area contributed by atoms with Gasteiger partial charge in [0.15, 0.2) is 5.13 Å². The zero-order valence-electron chi connectivity index (χ0n) is 12.3. The normalized spacial score (nSPS) is 14.0. The van der Waals surface area contributed by atoms with Gasteiger partial charge in [0.05, 0.1) is 11.8 Å². The van der Waals surface area contributed by atoms with E-state index in [2.05, 4.69) is 30.8 Å². The first-order valence-corrected chi connectivity index (χ1v) is 7.90. The van der Waals surface area contributed by atoms with E-state index in [-0.39, 0.29) is 0 Å². The van der Waals surface area contributed by atoms with Gasteiger partial charge in [0.2, 0.25) is 0 Å². The monoisotopic (exact) mass is 290 g/mol. The summed E-state index contributed by atoms with van der Waals surface area (Å²) in [5, 5.41) is 13.3. The van der Waals surface area contributed by atoms with Crippen LogP contribution in [-0.4, -0.2) is 23.2 Å². The van der Waals surface area contributed by atoms with Gasteiger partial charge in [0, 0.05) is 24.9 Å². The van der Waals surface area contributed by atoms with Crippen LogP contribution in [0.15, 0.2) is 35.7 Å². The number of anilines is 1. The lowest BCUT2D eigenvalue weighted by molar-refractivity contribution is 0.177. The SMILES string of the molecule is CCC(C)N(C)c1nc(CC(O)c2ccccc2)cs1. The summed E-state index contributed by atoms with van der Waals surface area (Å²) >= 11 is 1.64. The van der Waals surface area contributed by atoms with E-state index in [4.69, 9.17) is 0 Å². The molecule has 1 aromatic carbocycles. The second-order valence-electron chi connectivity index (χ2n) is 5.12. The highest BCUT2D eigenvalue weighted by molar-refractivity contribution is 7.13. The molecule has 4 heteroatoms. The predicted octanol–water partition coefficient (Wildman–Crippen LogP) is 3.65. The van der Waals surface area contributed by atoms with Crippen LogP contribution in [0.2, 0.25) is 0 Å². The van der Waals surface area contributed by atoms with Gasteiger partial charge in [0.1, 0.15) is 0 Å². The summed E-state index contributed by atoms with van der Waals surface area (Å²) in [5.41, 5.74) is 1.90. The highest BCUT2D eigenvalue weighted by Gasteiger charge is 2.14. The molecule has 20 heavy (non-hydrogen) atoms. The molecule has 2 rings (SSSR count). The Morgan fingerprint density at radius 1 is 1.30 bits per heavy atom. The van der Waals surface area contributed by atoms with Crippen LogP contribution in [0.3, 0.4) is 0 Å². The van der Waals surface area contributed by atoms with Crippen LogP contribution >= 0.6 is 11.3 Å². The Bertz CT molecular complexity index is 526. The van der Waals surface area contributed by atoms with Gasteiger partial charge < -0.3 is 10.0 Å². The number of thiazole rings is 1. The van der Waals surface area contributed by atoms with Crippen LogP contribution < -0.4 is 4.90 Å². The zero-order chi connectivity index (χ0) is 14.5. The van der Waals surface area contributed by atoms with Gasteiger partial charge in [0.25, 0.3) is 0 Å². The first kappa shape index (κ1) is 15.0. The number of aliphatic hydroxyl groups is 1. The molecule has 0 fully saturated rings. The molecule has 0 amide bonds. The van der Waals surface area contributed by atoms with Gasteiger partial charge in [-0.1, -0.05) is 37.3 Å². The van der Waals surface area contributed by atoms with Crippen LogP contribution in [0.25, 0.3) is 0 Å². The second-order valence-corrected chi connectivity index (χ2v) is 5.96. The van der Waals surface area contributed by atoms with E-state index in [1.165, 1.54) is 0 Å². The number of aliphatic hydroxyl groups excluding tert-OH is 1. The lowest BCUT2D eigenvalue weighted by atomic mass is 10.1. The number of aromatic nitrogens is 1. The van der Waals surface area contributed by atoms with E-state index >= 15 is 0 Å². The average Bonchev–Trinajstić information content (AvgIpc) is 2.95. The first-order valence-electron chi connectivity index (χ1n) is 7.02. The van der Waals surface area contributed by atoms with Gasteiger partial charge in [-0.15, -0.1) is 11.3 Å². The Morgan fingerprint density at radius 2 is 2.00 bits per heavy atom. The smallest absolute Gasteiger partial charge is 0.185 e. The second kappa shape index (κ2) is 6.86. The molecular weight excluding hydrogens is 268 g/mol. The number of benzene rings is 1. The van der Waals surface area contributed by atoms with Crippen molar-refractivity contribution in [1.82, 2.24) is 4.98 Å². The Kier molecular flexibility index (Phi) is 5.15. The van der Waals surface area contributed by atoms with E-state index in [0.717, 1.165) is 22.8 Å². The maximum atomic E-state index is 10.2. The van der Waals surface area contributed by atoms with Crippen LogP contribution in [0.4, 0.5) is 5.13 Å². The fourth-order valence-electron chi connectivity index (χ4n) is 2.01. The number of nitrogens with zero attached hydrogens (tertiary/aromatic N) is 2. The van der Waals surface area contributed by atoms with E-state index < -0.39 is 6.10 Å². The molecule has 0 radical (unpaired) electrons. The summed E-state index contributed by atoms with van der Waals surface area (Å²) in [4.78, 5) is 6.83. The van der Waals surface area contributed by atoms with Crippen LogP contribution in [0.5, 0.6) is 0 Å². The van der Waals surface area contributed by atoms with E-state index in [1.54, 1.807) is 11.3 Å². The molecule has 3 nitrogen and oxygen atoms in total. The molecule has 2 unspecified atom stereocenters. The van der Waals surface area contributed by atoms with Crippen molar-refractivity contribution >= 4 is 16.5 Å². The quantitative estimate of drug-likeness (QED) is 0.882. The molecule has 0 aliphatic carbocycles. The highest BCUT2D eigenvalue weighted by Crippen LogP contribution is 2.25. The van der Waals surface area contributed by atoms with Gasteiger partial charge in [-0.25, -0.2) is 4.98 Å². The molecule has 2 aromatic rings. The predicted molar refractivity (Wildman–Crippen MR) is 85.4 cm³/mol. The maximum Gasteiger partial charge on any atom is 0.185 e. The summed E-state index contributed by atoms with van der Waals surface area (Å²) in [6.45, 7) is 4.37. The molecular formula is C16H22N2OS. The van der Waals surface area contributed by atoms with Crippen molar-refractivity contribution < 1.29 is 5.11 Å². The van der Waals surface area contributed by atoms with E-state index in [1.807, 2.05) is 35.7 Å². The molecule has 2 atom stereocenters. The lowest BCUT2D eigenvalue weighted by Crippen LogP contribution is -2.27. The van der Waals surface area contributed by atoms with Gasteiger partial charge in [-0.2, -0.15) is 0 Å². The minimum Gasteiger partial charge on any atom is -0.388 e. The fraction of sp³-hybridized carbons (Fsp3) is 0.438. The Hall–Kier alpha value is -1.39. The fourth-order valence-corrected chi connectivity index (χ4v) is 2.91. The highest BCUT2D eigenvalue weighted by atomic mass is 32.1. The molecule has 0 bridgehead atoms. The Balaban J connectivity index is 2.03. The standard InChI is InChI=1S/C16H22N2OS/c1-4-12(2)18(3)16-17-14(11-20-16)10-15(19)13-8-6-5-7-9-13/h5-9,11-12,15,19H,4,10H2,1-3H3. The van der Waals surface area contributed by atoms with Crippen molar-refractivity contribution in [1.29, 1.82) is 0 Å². The molecule has 108 valence electrons. The van der Waals surface area contributed by atoms with Gasteiger partial charge in [-0.05, 0) is 18.9 Å². The lowest BCUT2D eigenvalue weighted by Gasteiger charge is -2.22. The number of rotatable bonds is 6. The van der Waals surface area contributed by atoms with Crippen molar-refractivity contribution in [2.75, 3.05) is 11.9 Å². The third-order valence-corrected chi connectivity index (χ3v) is 4.66. The summed E-state index contributed by atoms with van der Waals surface area (Å²) in [6, 6.07) is 10.2. The van der Waals surface area contributed by atoms with Crippen molar-refractivity contribution in [3.8, 4) is 0 Å². The van der Waals surface area contributed by atoms with E-state index in [9.17, 15) is 5.11 Å². The van der Waals surface area contributed by atoms with Gasteiger partial charge >= 0.3 is 0 Å². The molecule has 1 aromatic heterocycles. The largest absolute Gasteiger partial charge is 0.388 e. The van der Waals surface area contributed by atoms with Crippen molar-refractivity contribution in [2.24, 2.45) is 0 Å². The summed E-state index contributed by atoms with van der Waals surface area (Å²) in [7, 11) is 2.07. The molecule has 0 aliphatic rings. The topological polar surface area (TPSA) is 36.4 Å². The molecule has 0 spiro atoms. The van der Waals surface area contributed by atoms with Crippen molar-refractivity contribution in [3.05, 3.63) is 47.0 Å². The molecule has 1 heterocycles. The minimum absolute atomic E-state index is 0.480. The average molecular weight is 290 g/mol. The van der Waals surface area contributed by atoms with Crippen molar-refractivity contribution in [3.63, 3.8) is 0 Å². The molecule has 0 aliphatic heterocycles. The zero-order valence-corrected chi connectivity index (χ0v) is 13.1. The molecule has 0 saturated heterocycles. The van der Waals surface area contributed by atoms with Crippen LogP contribution in [0, 0.1) is 0 Å². The summed E-state index contributed by atoms with van der Waals surface area (Å²) in [6.07, 6.45) is 1.17. The Labute approximate surface area is 124 Å². The number of hydrogen-bond donors (Lipinski definition) is 1. The molecule has 1 N–H and O–H groups in total. The minimum atomic E-state index is -0.486.